The van der Waals surface area contributed by atoms with Gasteiger partial charge < -0.3 is 9.30 Å². The molecule has 1 aliphatic carbocycles. The van der Waals surface area contributed by atoms with Gasteiger partial charge in [0.15, 0.2) is 0 Å². The number of methoxy groups -OCH3 is 1. The second-order valence-electron chi connectivity index (χ2n) is 7.61. The number of benzene rings is 1. The molecule has 0 N–H and O–H groups in total. The zero-order valence-corrected chi connectivity index (χ0v) is 16.5. The first-order chi connectivity index (χ1) is 12.9. The summed E-state index contributed by atoms with van der Waals surface area (Å²) < 4.78 is 7.36. The van der Waals surface area contributed by atoms with Gasteiger partial charge in [-0.05, 0) is 75.8 Å². The predicted octanol–water partition coefficient (Wildman–Crippen LogP) is 4.36. The molecule has 4 rings (SSSR count). The van der Waals surface area contributed by atoms with Crippen molar-refractivity contribution >= 4 is 11.0 Å². The lowest BCUT2D eigenvalue weighted by atomic mass is 10.00. The minimum absolute atomic E-state index is 0.00156. The van der Waals surface area contributed by atoms with E-state index in [4.69, 9.17) is 4.74 Å². The van der Waals surface area contributed by atoms with Crippen LogP contribution < -0.4 is 10.3 Å². The van der Waals surface area contributed by atoms with E-state index in [1.54, 1.807) is 20.2 Å². The Morgan fingerprint density at radius 3 is 2.59 bits per heavy atom. The number of rotatable bonds is 4. The first-order valence-corrected chi connectivity index (χ1v) is 9.45. The fraction of sp³-hybridized carbons (Fsp3) is 0.409. The molecule has 1 aromatic carbocycles. The smallest absolute Gasteiger partial charge is 0.272 e. The van der Waals surface area contributed by atoms with Crippen LogP contribution in [-0.2, 0) is 0 Å². The zero-order valence-electron chi connectivity index (χ0n) is 16.5. The van der Waals surface area contributed by atoms with Gasteiger partial charge >= 0.3 is 0 Å². The van der Waals surface area contributed by atoms with Gasteiger partial charge in [-0.15, -0.1) is 0 Å². The number of pyridine rings is 1. The summed E-state index contributed by atoms with van der Waals surface area (Å²) in [4.78, 5) is 22.2. The topological polar surface area (TPSA) is 57.0 Å². The van der Waals surface area contributed by atoms with Crippen LogP contribution in [0.3, 0.4) is 0 Å². The maximum absolute atomic E-state index is 12.9. The van der Waals surface area contributed by atoms with Gasteiger partial charge in [-0.2, -0.15) is 0 Å². The molecule has 2 aromatic heterocycles. The van der Waals surface area contributed by atoms with Gasteiger partial charge in [0.25, 0.3) is 5.56 Å². The summed E-state index contributed by atoms with van der Waals surface area (Å²) in [7, 11) is 1.68. The first-order valence-electron chi connectivity index (χ1n) is 9.45. The van der Waals surface area contributed by atoms with Crippen molar-refractivity contribution in [3.8, 4) is 17.0 Å². The Labute approximate surface area is 159 Å². The van der Waals surface area contributed by atoms with Gasteiger partial charge in [0.2, 0.25) is 0 Å². The molecule has 27 heavy (non-hydrogen) atoms. The quantitative estimate of drug-likeness (QED) is 0.691. The third-order valence-corrected chi connectivity index (χ3v) is 5.68. The summed E-state index contributed by atoms with van der Waals surface area (Å²) >= 11 is 0. The fourth-order valence-corrected chi connectivity index (χ4v) is 3.90. The van der Waals surface area contributed by atoms with Crippen molar-refractivity contribution in [1.82, 2.24) is 14.5 Å². The minimum atomic E-state index is 0.00156. The van der Waals surface area contributed by atoms with Crippen LogP contribution in [0.2, 0.25) is 0 Å². The molecule has 0 aliphatic heterocycles. The van der Waals surface area contributed by atoms with E-state index in [2.05, 4.69) is 23.0 Å². The van der Waals surface area contributed by atoms with Crippen molar-refractivity contribution in [1.29, 1.82) is 0 Å². The van der Waals surface area contributed by atoms with Crippen LogP contribution in [0.1, 0.15) is 42.6 Å². The zero-order chi connectivity index (χ0) is 19.3. The van der Waals surface area contributed by atoms with Crippen LogP contribution >= 0.6 is 0 Å². The molecule has 0 bridgehead atoms. The van der Waals surface area contributed by atoms with Gasteiger partial charge in [-0.3, -0.25) is 9.78 Å². The van der Waals surface area contributed by atoms with Gasteiger partial charge in [-0.1, -0.05) is 0 Å². The van der Waals surface area contributed by atoms with Gasteiger partial charge in [0.05, 0.1) is 18.3 Å². The highest BCUT2D eigenvalue weighted by Gasteiger charge is 2.31. The molecule has 3 aromatic rings. The summed E-state index contributed by atoms with van der Waals surface area (Å²) in [5, 5.41) is 0. The maximum atomic E-state index is 12.9. The van der Waals surface area contributed by atoms with E-state index in [0.29, 0.717) is 11.6 Å². The Morgan fingerprint density at radius 2 is 1.93 bits per heavy atom. The lowest BCUT2D eigenvalue weighted by Gasteiger charge is -2.19. The summed E-state index contributed by atoms with van der Waals surface area (Å²) in [6, 6.07) is 6.21. The van der Waals surface area contributed by atoms with Crippen molar-refractivity contribution in [2.24, 2.45) is 5.92 Å². The minimum Gasteiger partial charge on any atom is -0.496 e. The Bertz CT molecular complexity index is 1100. The molecule has 1 atom stereocenters. The lowest BCUT2D eigenvalue weighted by Crippen LogP contribution is -2.28. The number of aryl methyl sites for hydroxylation is 3. The molecule has 0 saturated heterocycles. The van der Waals surface area contributed by atoms with E-state index in [0.717, 1.165) is 39.2 Å². The molecule has 5 nitrogen and oxygen atoms in total. The van der Waals surface area contributed by atoms with Crippen LogP contribution in [0.15, 0.2) is 29.2 Å². The van der Waals surface area contributed by atoms with Crippen LogP contribution in [0, 0.1) is 26.7 Å². The molecular formula is C22H25N3O2. The van der Waals surface area contributed by atoms with E-state index >= 15 is 0 Å². The molecule has 1 aliphatic rings. The largest absolute Gasteiger partial charge is 0.496 e. The molecule has 140 valence electrons. The van der Waals surface area contributed by atoms with Crippen molar-refractivity contribution in [2.45, 2.75) is 46.6 Å². The van der Waals surface area contributed by atoms with Crippen molar-refractivity contribution in [3.63, 3.8) is 0 Å². The highest BCUT2D eigenvalue weighted by Crippen LogP contribution is 2.40. The van der Waals surface area contributed by atoms with Crippen molar-refractivity contribution in [3.05, 3.63) is 51.6 Å². The number of ether oxygens (including phenoxy) is 1. The number of nitrogens with zero attached hydrogens (tertiary/aromatic N) is 3. The van der Waals surface area contributed by atoms with Crippen LogP contribution in [0.5, 0.6) is 5.75 Å². The molecule has 0 amide bonds. The molecule has 2 heterocycles. The number of aromatic nitrogens is 3. The van der Waals surface area contributed by atoms with Crippen molar-refractivity contribution in [2.75, 3.05) is 7.11 Å². The van der Waals surface area contributed by atoms with E-state index in [9.17, 15) is 4.79 Å². The average Bonchev–Trinajstić information content (AvgIpc) is 3.49. The van der Waals surface area contributed by atoms with E-state index in [1.165, 1.54) is 12.8 Å². The van der Waals surface area contributed by atoms with Crippen LogP contribution in [-0.4, -0.2) is 21.6 Å². The second kappa shape index (κ2) is 6.48. The summed E-state index contributed by atoms with van der Waals surface area (Å²) in [5.74, 6) is 1.44. The average molecular weight is 363 g/mol. The molecular weight excluding hydrogens is 338 g/mol. The predicted molar refractivity (Wildman–Crippen MR) is 107 cm³/mol. The molecule has 1 fully saturated rings. The molecule has 0 unspecified atom stereocenters. The maximum Gasteiger partial charge on any atom is 0.272 e. The highest BCUT2D eigenvalue weighted by atomic mass is 16.5. The normalized spacial score (nSPS) is 15.1. The molecule has 1 saturated carbocycles. The lowest BCUT2D eigenvalue weighted by molar-refractivity contribution is 0.411. The van der Waals surface area contributed by atoms with Gasteiger partial charge in [-0.25, -0.2) is 4.98 Å². The number of fused-ring (bicyclic) bond motifs is 1. The SMILES string of the molecule is COc1cc(C)c(-c2nccc3c2nc(C)c(=O)n3[C@@H](C)C2CC2)cc1C. The second-order valence-corrected chi connectivity index (χ2v) is 7.61. The van der Waals surface area contributed by atoms with Crippen LogP contribution in [0.4, 0.5) is 0 Å². The number of hydrogen-bond donors (Lipinski definition) is 0. The van der Waals surface area contributed by atoms with Crippen LogP contribution in [0.25, 0.3) is 22.3 Å². The fourth-order valence-electron chi connectivity index (χ4n) is 3.90. The third-order valence-electron chi connectivity index (χ3n) is 5.68. The van der Waals surface area contributed by atoms with Gasteiger partial charge in [0, 0.05) is 17.8 Å². The summed E-state index contributed by atoms with van der Waals surface area (Å²) in [5.41, 5.74) is 6.13. The summed E-state index contributed by atoms with van der Waals surface area (Å²) in [6.45, 7) is 8.01. The van der Waals surface area contributed by atoms with E-state index in [-0.39, 0.29) is 11.6 Å². The third kappa shape index (κ3) is 2.91. The standard InChI is InChI=1S/C22H25N3O2/c1-12-11-19(27-5)13(2)10-17(12)20-21-18(8-9-23-20)25(15(4)16-6-7-16)22(26)14(3)24-21/h8-11,15-16H,6-7H2,1-5H3/t15-/m0/s1. The Balaban J connectivity index is 2.01. The highest BCUT2D eigenvalue weighted by molar-refractivity contribution is 5.90. The van der Waals surface area contributed by atoms with E-state index in [1.807, 2.05) is 30.5 Å². The Morgan fingerprint density at radius 1 is 1.19 bits per heavy atom. The molecule has 0 radical (unpaired) electrons. The Hall–Kier alpha value is -2.69. The molecule has 5 heteroatoms. The molecule has 0 spiro atoms. The summed E-state index contributed by atoms with van der Waals surface area (Å²) in [6.07, 6.45) is 4.15. The Kier molecular flexibility index (Phi) is 4.25. The monoisotopic (exact) mass is 363 g/mol. The van der Waals surface area contributed by atoms with E-state index < -0.39 is 0 Å². The first kappa shape index (κ1) is 17.7. The van der Waals surface area contributed by atoms with Gasteiger partial charge in [0.1, 0.15) is 17.0 Å². The number of hydrogen-bond acceptors (Lipinski definition) is 4. The van der Waals surface area contributed by atoms with Crippen molar-refractivity contribution < 1.29 is 4.74 Å².